The Bertz CT molecular complexity index is 1330. The zero-order chi connectivity index (χ0) is 26.7. The van der Waals surface area contributed by atoms with Gasteiger partial charge in [-0.15, -0.1) is 0 Å². The number of hydrogen-bond donors (Lipinski definition) is 1. The summed E-state index contributed by atoms with van der Waals surface area (Å²) in [6, 6.07) is 33.1. The van der Waals surface area contributed by atoms with Crippen LogP contribution in [0.5, 0.6) is 11.5 Å². The summed E-state index contributed by atoms with van der Waals surface area (Å²) in [6.07, 6.45) is -0.735. The first-order valence-corrected chi connectivity index (χ1v) is 12.5. The van der Waals surface area contributed by atoms with Gasteiger partial charge in [0.2, 0.25) is 0 Å². The van der Waals surface area contributed by atoms with E-state index in [9.17, 15) is 9.90 Å². The van der Waals surface area contributed by atoms with Gasteiger partial charge in [-0.25, -0.2) is 4.79 Å². The van der Waals surface area contributed by atoms with Crippen LogP contribution in [-0.4, -0.2) is 36.1 Å². The second-order valence-corrected chi connectivity index (χ2v) is 8.91. The summed E-state index contributed by atoms with van der Waals surface area (Å²) in [5.41, 5.74) is 6.03. The van der Waals surface area contributed by atoms with E-state index in [1.54, 1.807) is 12.1 Å². The lowest BCUT2D eigenvalue weighted by atomic mass is 10.0. The number of ether oxygens (including phenoxy) is 2. The number of oxime groups is 1. The van der Waals surface area contributed by atoms with Crippen molar-refractivity contribution < 1.29 is 24.2 Å². The third-order valence-corrected chi connectivity index (χ3v) is 5.97. The monoisotopic (exact) mass is 509 g/mol. The molecule has 4 aromatic rings. The SMILES string of the molecule is C/C(=N/OCCOc1ccc(CC(Oc2ccc(C)cc2)C(=O)O)cc1)c1ccc(-c2ccccc2)cc1. The molecule has 0 saturated carbocycles. The standard InChI is InChI=1S/C32H31NO5/c1-23-8-16-30(17-9-23)38-31(32(34)35)22-25-10-18-29(19-11-25)36-20-21-37-33-24(2)26-12-14-28(15-13-26)27-6-4-3-5-7-27/h3-19,31H,20-22H2,1-2H3,(H,34,35)/b33-24-. The van der Waals surface area contributed by atoms with Crippen molar-refractivity contribution in [2.45, 2.75) is 26.4 Å². The largest absolute Gasteiger partial charge is 0.490 e. The zero-order valence-electron chi connectivity index (χ0n) is 21.5. The molecule has 1 N–H and O–H groups in total. The lowest BCUT2D eigenvalue weighted by molar-refractivity contribution is -0.145. The van der Waals surface area contributed by atoms with Crippen molar-refractivity contribution in [2.24, 2.45) is 5.16 Å². The molecule has 0 radical (unpaired) electrons. The first-order chi connectivity index (χ1) is 18.5. The molecule has 0 aromatic heterocycles. The molecule has 0 aliphatic carbocycles. The van der Waals surface area contributed by atoms with Crippen molar-refractivity contribution in [2.75, 3.05) is 13.2 Å². The van der Waals surface area contributed by atoms with Gasteiger partial charge in [-0.1, -0.05) is 89.6 Å². The molecule has 0 fully saturated rings. The number of aliphatic carboxylic acids is 1. The Kier molecular flexibility index (Phi) is 9.13. The molecule has 0 amide bonds. The van der Waals surface area contributed by atoms with Gasteiger partial charge in [-0.05, 0) is 60.4 Å². The highest BCUT2D eigenvalue weighted by atomic mass is 16.6. The Hall–Kier alpha value is -4.58. The lowest BCUT2D eigenvalue weighted by Crippen LogP contribution is -2.29. The van der Waals surface area contributed by atoms with Crippen LogP contribution < -0.4 is 9.47 Å². The second kappa shape index (κ2) is 13.1. The molecule has 194 valence electrons. The van der Waals surface area contributed by atoms with Gasteiger partial charge in [0.05, 0.1) is 5.71 Å². The van der Waals surface area contributed by atoms with Crippen molar-refractivity contribution in [3.8, 4) is 22.6 Å². The van der Waals surface area contributed by atoms with E-state index in [0.29, 0.717) is 24.7 Å². The number of hydrogen-bond acceptors (Lipinski definition) is 5. The fourth-order valence-corrected chi connectivity index (χ4v) is 3.82. The number of rotatable bonds is 12. The summed E-state index contributed by atoms with van der Waals surface area (Å²) in [5.74, 6) is 0.192. The predicted molar refractivity (Wildman–Crippen MR) is 149 cm³/mol. The molecule has 1 unspecified atom stereocenters. The van der Waals surface area contributed by atoms with E-state index < -0.39 is 12.1 Å². The molecule has 6 nitrogen and oxygen atoms in total. The normalized spacial score (nSPS) is 12.0. The Balaban J connectivity index is 1.21. The van der Waals surface area contributed by atoms with Crippen LogP contribution in [0.3, 0.4) is 0 Å². The fourth-order valence-electron chi connectivity index (χ4n) is 3.82. The maximum atomic E-state index is 11.7. The minimum absolute atomic E-state index is 0.243. The molecule has 0 heterocycles. The van der Waals surface area contributed by atoms with Crippen molar-refractivity contribution in [3.05, 3.63) is 120 Å². The Morgan fingerprint density at radius 3 is 2.08 bits per heavy atom. The third kappa shape index (κ3) is 7.71. The van der Waals surface area contributed by atoms with Crippen molar-refractivity contribution in [3.63, 3.8) is 0 Å². The van der Waals surface area contributed by atoms with Crippen LogP contribution in [-0.2, 0) is 16.1 Å². The average Bonchev–Trinajstić information content (AvgIpc) is 2.95. The van der Waals surface area contributed by atoms with E-state index in [2.05, 4.69) is 29.4 Å². The fraction of sp³-hybridized carbons (Fsp3) is 0.188. The molecule has 0 aliphatic rings. The van der Waals surface area contributed by atoms with Crippen molar-refractivity contribution in [1.29, 1.82) is 0 Å². The molecule has 1 atom stereocenters. The summed E-state index contributed by atoms with van der Waals surface area (Å²) >= 11 is 0. The molecule has 4 rings (SSSR count). The molecule has 38 heavy (non-hydrogen) atoms. The highest BCUT2D eigenvalue weighted by Gasteiger charge is 2.20. The van der Waals surface area contributed by atoms with Gasteiger partial charge < -0.3 is 19.4 Å². The summed E-state index contributed by atoms with van der Waals surface area (Å²) in [5, 5.41) is 13.8. The van der Waals surface area contributed by atoms with Gasteiger partial charge in [-0.3, -0.25) is 0 Å². The summed E-state index contributed by atoms with van der Waals surface area (Å²) < 4.78 is 11.4. The van der Waals surface area contributed by atoms with E-state index >= 15 is 0 Å². The van der Waals surface area contributed by atoms with Crippen molar-refractivity contribution >= 4 is 11.7 Å². The minimum Gasteiger partial charge on any atom is -0.490 e. The van der Waals surface area contributed by atoms with Gasteiger partial charge >= 0.3 is 5.97 Å². The maximum Gasteiger partial charge on any atom is 0.345 e. The van der Waals surface area contributed by atoms with E-state index in [4.69, 9.17) is 14.3 Å². The third-order valence-electron chi connectivity index (χ3n) is 5.97. The van der Waals surface area contributed by atoms with Crippen LogP contribution in [0.25, 0.3) is 11.1 Å². The van der Waals surface area contributed by atoms with E-state index in [1.807, 2.05) is 80.6 Å². The number of aryl methyl sites for hydroxylation is 1. The highest BCUT2D eigenvalue weighted by molar-refractivity contribution is 5.98. The summed E-state index contributed by atoms with van der Waals surface area (Å²) in [4.78, 5) is 17.1. The number of benzene rings is 4. The Morgan fingerprint density at radius 2 is 1.42 bits per heavy atom. The van der Waals surface area contributed by atoms with Gasteiger partial charge in [0.25, 0.3) is 0 Å². The molecule has 0 aliphatic heterocycles. The predicted octanol–water partition coefficient (Wildman–Crippen LogP) is 6.56. The van der Waals surface area contributed by atoms with Gasteiger partial charge in [0.1, 0.15) is 18.1 Å². The van der Waals surface area contributed by atoms with E-state index in [-0.39, 0.29) is 6.42 Å². The maximum absolute atomic E-state index is 11.7. The topological polar surface area (TPSA) is 77.3 Å². The van der Waals surface area contributed by atoms with Crippen LogP contribution in [0.1, 0.15) is 23.6 Å². The average molecular weight is 510 g/mol. The number of carboxylic acid groups (broad SMARTS) is 1. The van der Waals surface area contributed by atoms with Gasteiger partial charge in [0.15, 0.2) is 12.7 Å². The van der Waals surface area contributed by atoms with Crippen LogP contribution in [0, 0.1) is 6.92 Å². The van der Waals surface area contributed by atoms with Crippen molar-refractivity contribution in [1.82, 2.24) is 0 Å². The lowest BCUT2D eigenvalue weighted by Gasteiger charge is -2.15. The number of nitrogens with zero attached hydrogens (tertiary/aromatic N) is 1. The molecule has 0 saturated heterocycles. The molecular weight excluding hydrogens is 478 g/mol. The molecule has 0 spiro atoms. The van der Waals surface area contributed by atoms with Gasteiger partial charge in [-0.2, -0.15) is 0 Å². The van der Waals surface area contributed by atoms with Crippen LogP contribution >= 0.6 is 0 Å². The molecule has 4 aromatic carbocycles. The van der Waals surface area contributed by atoms with E-state index in [1.165, 1.54) is 5.56 Å². The summed E-state index contributed by atoms with van der Waals surface area (Å²) in [7, 11) is 0. The van der Waals surface area contributed by atoms with Crippen LogP contribution in [0.4, 0.5) is 0 Å². The first-order valence-electron chi connectivity index (χ1n) is 12.5. The Labute approximate surface area is 223 Å². The smallest absolute Gasteiger partial charge is 0.345 e. The molecular formula is C32H31NO5. The highest BCUT2D eigenvalue weighted by Crippen LogP contribution is 2.20. The van der Waals surface area contributed by atoms with Crippen LogP contribution in [0.15, 0.2) is 108 Å². The minimum atomic E-state index is -1.01. The zero-order valence-corrected chi connectivity index (χ0v) is 21.5. The van der Waals surface area contributed by atoms with E-state index in [0.717, 1.165) is 28.0 Å². The first kappa shape index (κ1) is 26.5. The number of carbonyl (C=O) groups is 1. The molecule has 6 heteroatoms. The quantitative estimate of drug-likeness (QED) is 0.133. The van der Waals surface area contributed by atoms with Crippen LogP contribution in [0.2, 0.25) is 0 Å². The second-order valence-electron chi connectivity index (χ2n) is 8.91. The van der Waals surface area contributed by atoms with Gasteiger partial charge in [0, 0.05) is 6.42 Å². The Morgan fingerprint density at radius 1 is 0.789 bits per heavy atom. The number of carboxylic acids is 1. The summed E-state index contributed by atoms with van der Waals surface area (Å²) in [6.45, 7) is 4.50. The molecule has 0 bridgehead atoms.